The van der Waals surface area contributed by atoms with E-state index in [4.69, 9.17) is 0 Å². The van der Waals surface area contributed by atoms with Crippen LogP contribution in [0.3, 0.4) is 0 Å². The number of anilines is 1. The van der Waals surface area contributed by atoms with E-state index in [1.165, 1.54) is 30.5 Å². The summed E-state index contributed by atoms with van der Waals surface area (Å²) in [5, 5.41) is 21.4. The quantitative estimate of drug-likeness (QED) is 0.400. The second-order valence-electron chi connectivity index (χ2n) is 4.63. The van der Waals surface area contributed by atoms with Gasteiger partial charge in [-0.2, -0.15) is 0 Å². The number of thioether (sulfide) groups is 1. The first-order valence-electron chi connectivity index (χ1n) is 6.64. The molecule has 0 saturated carbocycles. The molecule has 0 atom stereocenters. The summed E-state index contributed by atoms with van der Waals surface area (Å²) in [6.07, 6.45) is 1.51. The molecule has 0 bridgehead atoms. The monoisotopic (exact) mass is 346 g/mol. The number of non-ortho nitro benzene ring substituents is 1. The van der Waals surface area contributed by atoms with Gasteiger partial charge >= 0.3 is 0 Å². The van der Waals surface area contributed by atoms with Crippen molar-refractivity contribution in [1.82, 2.24) is 19.6 Å². The number of hydrogen-bond donors (Lipinski definition) is 2. The van der Waals surface area contributed by atoms with Crippen LogP contribution in [0, 0.1) is 10.1 Å². The van der Waals surface area contributed by atoms with Crippen LogP contribution in [-0.2, 0) is 4.79 Å². The molecule has 2 aromatic heterocycles. The summed E-state index contributed by atoms with van der Waals surface area (Å²) < 4.78 is 1.55. The van der Waals surface area contributed by atoms with Crippen molar-refractivity contribution >= 4 is 34.8 Å². The molecule has 0 aliphatic rings. The van der Waals surface area contributed by atoms with Crippen molar-refractivity contribution in [2.75, 3.05) is 11.1 Å². The first-order chi connectivity index (χ1) is 11.5. The fourth-order valence-electron chi connectivity index (χ4n) is 1.91. The summed E-state index contributed by atoms with van der Waals surface area (Å²) in [4.78, 5) is 35.8. The molecule has 10 nitrogen and oxygen atoms in total. The molecule has 2 heterocycles. The summed E-state index contributed by atoms with van der Waals surface area (Å²) in [5.41, 5.74) is -0.0621. The van der Waals surface area contributed by atoms with Crippen molar-refractivity contribution in [3.05, 3.63) is 57.0 Å². The lowest BCUT2D eigenvalue weighted by Crippen LogP contribution is -2.14. The third-order valence-electron chi connectivity index (χ3n) is 2.95. The largest absolute Gasteiger partial charge is 0.325 e. The van der Waals surface area contributed by atoms with Gasteiger partial charge in [0.15, 0.2) is 5.16 Å². The number of amides is 1. The number of benzene rings is 1. The Morgan fingerprint density at radius 2 is 2.21 bits per heavy atom. The zero-order valence-corrected chi connectivity index (χ0v) is 12.8. The Hall–Kier alpha value is -3.21. The van der Waals surface area contributed by atoms with Crippen LogP contribution in [0.1, 0.15) is 0 Å². The lowest BCUT2D eigenvalue weighted by atomic mass is 10.3. The molecule has 2 N–H and O–H groups in total. The Labute approximate surface area is 138 Å². The number of fused-ring (bicyclic) bond motifs is 1. The van der Waals surface area contributed by atoms with Gasteiger partial charge in [0.25, 0.3) is 11.2 Å². The van der Waals surface area contributed by atoms with Gasteiger partial charge in [0.05, 0.1) is 10.7 Å². The normalized spacial score (nSPS) is 10.7. The van der Waals surface area contributed by atoms with Gasteiger partial charge < -0.3 is 5.32 Å². The Bertz CT molecular complexity index is 982. The van der Waals surface area contributed by atoms with Gasteiger partial charge in [-0.3, -0.25) is 29.1 Å². The van der Waals surface area contributed by atoms with Gasteiger partial charge in [-0.15, -0.1) is 10.2 Å². The summed E-state index contributed by atoms with van der Waals surface area (Å²) in [6, 6.07) is 6.99. The average Bonchev–Trinajstić information content (AvgIpc) is 2.95. The van der Waals surface area contributed by atoms with E-state index in [2.05, 4.69) is 20.5 Å². The van der Waals surface area contributed by atoms with E-state index in [1.807, 2.05) is 0 Å². The molecule has 1 aromatic carbocycles. The molecule has 0 aliphatic carbocycles. The predicted octanol–water partition coefficient (Wildman–Crippen LogP) is 1.06. The zero-order chi connectivity index (χ0) is 17.1. The molecule has 122 valence electrons. The smallest absolute Gasteiger partial charge is 0.271 e. The maximum atomic E-state index is 12.0. The number of H-pyrrole nitrogens is 1. The number of aromatic nitrogens is 4. The fraction of sp³-hybridized carbons (Fsp3) is 0.0769. The van der Waals surface area contributed by atoms with E-state index in [1.54, 1.807) is 10.5 Å². The van der Waals surface area contributed by atoms with E-state index in [0.29, 0.717) is 10.8 Å². The van der Waals surface area contributed by atoms with E-state index >= 15 is 0 Å². The molecule has 3 rings (SSSR count). The topological polar surface area (TPSA) is 135 Å². The predicted molar refractivity (Wildman–Crippen MR) is 86.1 cm³/mol. The van der Waals surface area contributed by atoms with Gasteiger partial charge in [-0.25, -0.2) is 0 Å². The van der Waals surface area contributed by atoms with Crippen molar-refractivity contribution in [3.8, 4) is 0 Å². The number of carbonyl (C=O) groups is 1. The Kier molecular flexibility index (Phi) is 4.24. The molecule has 0 radical (unpaired) electrons. The first-order valence-corrected chi connectivity index (χ1v) is 7.62. The van der Waals surface area contributed by atoms with E-state index in [9.17, 15) is 19.7 Å². The lowest BCUT2D eigenvalue weighted by Gasteiger charge is -2.04. The van der Waals surface area contributed by atoms with Crippen LogP contribution < -0.4 is 10.9 Å². The van der Waals surface area contributed by atoms with Gasteiger partial charge in [0.2, 0.25) is 11.7 Å². The van der Waals surface area contributed by atoms with E-state index in [-0.39, 0.29) is 28.7 Å². The highest BCUT2D eigenvalue weighted by Crippen LogP contribution is 2.19. The van der Waals surface area contributed by atoms with Crippen LogP contribution in [0.25, 0.3) is 5.78 Å². The third-order valence-corrected chi connectivity index (χ3v) is 3.89. The second kappa shape index (κ2) is 6.50. The molecule has 11 heteroatoms. The van der Waals surface area contributed by atoms with Crippen LogP contribution >= 0.6 is 11.8 Å². The zero-order valence-electron chi connectivity index (χ0n) is 12.0. The van der Waals surface area contributed by atoms with Crippen molar-refractivity contribution in [1.29, 1.82) is 0 Å². The maximum Gasteiger partial charge on any atom is 0.271 e. The van der Waals surface area contributed by atoms with Crippen molar-refractivity contribution in [3.63, 3.8) is 0 Å². The number of nitro benzene ring substituents is 1. The molecule has 0 spiro atoms. The highest BCUT2D eigenvalue weighted by molar-refractivity contribution is 7.99. The SMILES string of the molecule is O=C(CSc1nnc2[nH]c(=O)ccn12)Nc1cccc([N+](=O)[O-])c1. The van der Waals surface area contributed by atoms with Crippen LogP contribution in [0.4, 0.5) is 11.4 Å². The number of aromatic amines is 1. The molecule has 0 fully saturated rings. The van der Waals surface area contributed by atoms with E-state index in [0.717, 1.165) is 11.8 Å². The van der Waals surface area contributed by atoms with Crippen molar-refractivity contribution < 1.29 is 9.72 Å². The molecule has 1 amide bonds. The number of carbonyl (C=O) groups excluding carboxylic acids is 1. The highest BCUT2D eigenvalue weighted by atomic mass is 32.2. The molecule has 0 saturated heterocycles. The maximum absolute atomic E-state index is 12.0. The second-order valence-corrected chi connectivity index (χ2v) is 5.57. The van der Waals surface area contributed by atoms with E-state index < -0.39 is 4.92 Å². The number of rotatable bonds is 5. The van der Waals surface area contributed by atoms with Crippen molar-refractivity contribution in [2.45, 2.75) is 5.16 Å². The standard InChI is InChI=1S/C13H10N6O4S/c20-10-4-5-18-12(15-10)16-17-13(18)24-7-11(21)14-8-2-1-3-9(6-8)19(22)23/h1-6H,7H2,(H,14,21)(H,15,16,20). The minimum absolute atomic E-state index is 0.0304. The van der Waals surface area contributed by atoms with Crippen LogP contribution in [0.5, 0.6) is 0 Å². The van der Waals surface area contributed by atoms with Gasteiger partial charge in [0.1, 0.15) is 0 Å². The Morgan fingerprint density at radius 3 is 3.00 bits per heavy atom. The van der Waals surface area contributed by atoms with Gasteiger partial charge in [-0.1, -0.05) is 17.8 Å². The molecular formula is C13H10N6O4S. The molecule has 24 heavy (non-hydrogen) atoms. The number of nitrogens with one attached hydrogen (secondary N) is 2. The molecular weight excluding hydrogens is 336 g/mol. The van der Waals surface area contributed by atoms with Crippen LogP contribution in [0.15, 0.2) is 46.5 Å². The van der Waals surface area contributed by atoms with Crippen LogP contribution in [-0.4, -0.2) is 36.2 Å². The summed E-state index contributed by atoms with van der Waals surface area (Å²) >= 11 is 1.12. The minimum Gasteiger partial charge on any atom is -0.325 e. The fourth-order valence-corrected chi connectivity index (χ4v) is 2.63. The number of nitrogens with zero attached hydrogens (tertiary/aromatic N) is 4. The lowest BCUT2D eigenvalue weighted by molar-refractivity contribution is -0.384. The number of nitro groups is 1. The first kappa shape index (κ1) is 15.7. The summed E-state index contributed by atoms with van der Waals surface area (Å²) in [6.45, 7) is 0. The number of hydrogen-bond acceptors (Lipinski definition) is 7. The highest BCUT2D eigenvalue weighted by Gasteiger charge is 2.11. The Balaban J connectivity index is 1.66. The van der Waals surface area contributed by atoms with Crippen LogP contribution in [0.2, 0.25) is 0 Å². The van der Waals surface area contributed by atoms with Gasteiger partial charge in [0, 0.05) is 30.1 Å². The van der Waals surface area contributed by atoms with Gasteiger partial charge in [-0.05, 0) is 6.07 Å². The molecule has 0 aliphatic heterocycles. The minimum atomic E-state index is -0.534. The molecule has 0 unspecified atom stereocenters. The summed E-state index contributed by atoms with van der Waals surface area (Å²) in [7, 11) is 0. The molecule has 3 aromatic rings. The third kappa shape index (κ3) is 3.41. The Morgan fingerprint density at radius 1 is 1.38 bits per heavy atom. The average molecular weight is 346 g/mol. The van der Waals surface area contributed by atoms with Crippen molar-refractivity contribution in [2.24, 2.45) is 0 Å². The summed E-state index contributed by atoms with van der Waals surface area (Å²) in [5.74, 6) is -0.0337.